The zero-order chi connectivity index (χ0) is 10.7. The van der Waals surface area contributed by atoms with E-state index in [-0.39, 0.29) is 5.60 Å². The van der Waals surface area contributed by atoms with Crippen LogP contribution < -0.4 is 5.73 Å². The fraction of sp³-hybridized carbons (Fsp3) is 0.500. The van der Waals surface area contributed by atoms with E-state index in [4.69, 9.17) is 10.5 Å². The second kappa shape index (κ2) is 4.31. The lowest BCUT2D eigenvalue weighted by molar-refractivity contribution is -0.137. The van der Waals surface area contributed by atoms with Crippen LogP contribution in [-0.2, 0) is 11.3 Å². The van der Waals surface area contributed by atoms with Gasteiger partial charge in [0.2, 0.25) is 0 Å². The lowest BCUT2D eigenvalue weighted by Crippen LogP contribution is -2.65. The molecule has 1 saturated heterocycles. The SMILES string of the molecule is CN1CC(CN)(OCc2ccccc2)C1. The molecule has 1 aliphatic rings. The second-order valence-corrected chi connectivity index (χ2v) is 4.33. The minimum absolute atomic E-state index is 0.107. The minimum atomic E-state index is -0.107. The predicted molar refractivity (Wildman–Crippen MR) is 60.5 cm³/mol. The van der Waals surface area contributed by atoms with Gasteiger partial charge in [-0.25, -0.2) is 0 Å². The van der Waals surface area contributed by atoms with Crippen molar-refractivity contribution in [2.75, 3.05) is 26.7 Å². The van der Waals surface area contributed by atoms with Gasteiger partial charge in [-0.3, -0.25) is 0 Å². The molecule has 0 aliphatic carbocycles. The molecule has 0 radical (unpaired) electrons. The second-order valence-electron chi connectivity index (χ2n) is 4.33. The molecule has 2 N–H and O–H groups in total. The molecule has 15 heavy (non-hydrogen) atoms. The molecule has 1 heterocycles. The van der Waals surface area contributed by atoms with E-state index in [0.717, 1.165) is 13.1 Å². The number of likely N-dealkylation sites (N-methyl/N-ethyl adjacent to an activating group) is 1. The average molecular weight is 206 g/mol. The van der Waals surface area contributed by atoms with Crippen LogP contribution in [0.2, 0.25) is 0 Å². The summed E-state index contributed by atoms with van der Waals surface area (Å²) >= 11 is 0. The number of rotatable bonds is 4. The first-order valence-electron chi connectivity index (χ1n) is 5.31. The molecule has 3 heteroatoms. The van der Waals surface area contributed by atoms with E-state index in [1.165, 1.54) is 5.56 Å². The van der Waals surface area contributed by atoms with E-state index >= 15 is 0 Å². The van der Waals surface area contributed by atoms with Crippen LogP contribution in [0.5, 0.6) is 0 Å². The summed E-state index contributed by atoms with van der Waals surface area (Å²) in [6.45, 7) is 3.14. The monoisotopic (exact) mass is 206 g/mol. The van der Waals surface area contributed by atoms with Gasteiger partial charge >= 0.3 is 0 Å². The molecule has 3 nitrogen and oxygen atoms in total. The van der Waals surface area contributed by atoms with Crippen molar-refractivity contribution in [3.8, 4) is 0 Å². The summed E-state index contributed by atoms with van der Waals surface area (Å²) < 4.78 is 5.90. The van der Waals surface area contributed by atoms with Crippen molar-refractivity contribution >= 4 is 0 Å². The van der Waals surface area contributed by atoms with Gasteiger partial charge in [0.05, 0.1) is 6.61 Å². The maximum atomic E-state index is 5.90. The summed E-state index contributed by atoms with van der Waals surface area (Å²) in [5.74, 6) is 0. The quantitative estimate of drug-likeness (QED) is 0.793. The molecule has 0 bridgehead atoms. The van der Waals surface area contributed by atoms with Crippen LogP contribution in [0.25, 0.3) is 0 Å². The maximum absolute atomic E-state index is 5.90. The number of hydrogen-bond donors (Lipinski definition) is 1. The van der Waals surface area contributed by atoms with Crippen molar-refractivity contribution in [1.82, 2.24) is 4.90 Å². The number of nitrogens with two attached hydrogens (primary N) is 1. The molecule has 1 aromatic rings. The highest BCUT2D eigenvalue weighted by Crippen LogP contribution is 2.23. The normalized spacial score (nSPS) is 19.9. The Bertz CT molecular complexity index is 307. The Hall–Kier alpha value is -0.900. The first-order valence-corrected chi connectivity index (χ1v) is 5.31. The lowest BCUT2D eigenvalue weighted by atomic mass is 9.95. The van der Waals surface area contributed by atoms with Crippen LogP contribution in [0.3, 0.4) is 0 Å². The van der Waals surface area contributed by atoms with Gasteiger partial charge < -0.3 is 15.4 Å². The van der Waals surface area contributed by atoms with Crippen LogP contribution in [-0.4, -0.2) is 37.2 Å². The maximum Gasteiger partial charge on any atom is 0.106 e. The number of nitrogens with zero attached hydrogens (tertiary/aromatic N) is 1. The first-order chi connectivity index (χ1) is 7.24. The van der Waals surface area contributed by atoms with Gasteiger partial charge in [-0.05, 0) is 12.6 Å². The molecule has 0 amide bonds. The molecule has 0 saturated carbocycles. The van der Waals surface area contributed by atoms with E-state index in [2.05, 4.69) is 24.1 Å². The van der Waals surface area contributed by atoms with E-state index in [0.29, 0.717) is 13.2 Å². The van der Waals surface area contributed by atoms with Gasteiger partial charge in [0.15, 0.2) is 0 Å². The van der Waals surface area contributed by atoms with Crippen LogP contribution in [0.1, 0.15) is 5.56 Å². The van der Waals surface area contributed by atoms with Crippen molar-refractivity contribution < 1.29 is 4.74 Å². The zero-order valence-corrected chi connectivity index (χ0v) is 9.15. The van der Waals surface area contributed by atoms with E-state index in [9.17, 15) is 0 Å². The largest absolute Gasteiger partial charge is 0.366 e. The molecule has 0 atom stereocenters. The molecule has 1 fully saturated rings. The highest BCUT2D eigenvalue weighted by Gasteiger charge is 2.40. The molecule has 0 unspecified atom stereocenters. The number of hydrogen-bond acceptors (Lipinski definition) is 3. The van der Waals surface area contributed by atoms with Crippen molar-refractivity contribution in [3.63, 3.8) is 0 Å². The molecule has 1 aromatic carbocycles. The molecule has 0 spiro atoms. The lowest BCUT2D eigenvalue weighted by Gasteiger charge is -2.47. The Labute approximate surface area is 90.8 Å². The average Bonchev–Trinajstić information content (AvgIpc) is 2.24. The Kier molecular flexibility index (Phi) is 3.05. The summed E-state index contributed by atoms with van der Waals surface area (Å²) in [7, 11) is 2.08. The topological polar surface area (TPSA) is 38.5 Å². The summed E-state index contributed by atoms with van der Waals surface area (Å²) in [4.78, 5) is 2.22. The smallest absolute Gasteiger partial charge is 0.106 e. The third-order valence-electron chi connectivity index (χ3n) is 2.88. The highest BCUT2D eigenvalue weighted by atomic mass is 16.5. The molecule has 82 valence electrons. The van der Waals surface area contributed by atoms with Gasteiger partial charge in [-0.15, -0.1) is 0 Å². The minimum Gasteiger partial charge on any atom is -0.366 e. The zero-order valence-electron chi connectivity index (χ0n) is 9.15. The van der Waals surface area contributed by atoms with Gasteiger partial charge in [0.25, 0.3) is 0 Å². The standard InChI is InChI=1S/C12H18N2O/c1-14-9-12(8-13,10-14)15-7-11-5-3-2-4-6-11/h2-6H,7-10,13H2,1H3. The fourth-order valence-corrected chi connectivity index (χ4v) is 2.03. The van der Waals surface area contributed by atoms with Crippen molar-refractivity contribution in [1.29, 1.82) is 0 Å². The van der Waals surface area contributed by atoms with E-state index in [1.807, 2.05) is 18.2 Å². The van der Waals surface area contributed by atoms with E-state index < -0.39 is 0 Å². The summed E-state index contributed by atoms with van der Waals surface area (Å²) in [5, 5.41) is 0. The van der Waals surface area contributed by atoms with Crippen LogP contribution in [0, 0.1) is 0 Å². The number of benzene rings is 1. The van der Waals surface area contributed by atoms with Crippen molar-refractivity contribution in [2.24, 2.45) is 5.73 Å². The fourth-order valence-electron chi connectivity index (χ4n) is 2.03. The summed E-state index contributed by atoms with van der Waals surface area (Å²) in [6.07, 6.45) is 0. The van der Waals surface area contributed by atoms with Crippen molar-refractivity contribution in [3.05, 3.63) is 35.9 Å². The predicted octanol–water partition coefficient (Wildman–Crippen LogP) is 0.846. The number of likely N-dealkylation sites (tertiary alicyclic amines) is 1. The third kappa shape index (κ3) is 2.37. The van der Waals surface area contributed by atoms with Crippen LogP contribution >= 0.6 is 0 Å². The number of ether oxygens (including phenoxy) is 1. The third-order valence-corrected chi connectivity index (χ3v) is 2.88. The van der Waals surface area contributed by atoms with Crippen LogP contribution in [0.4, 0.5) is 0 Å². The first kappa shape index (κ1) is 10.6. The molecular formula is C12H18N2O. The highest BCUT2D eigenvalue weighted by molar-refractivity contribution is 5.14. The molecule has 0 aromatic heterocycles. The van der Waals surface area contributed by atoms with Gasteiger partial charge in [-0.2, -0.15) is 0 Å². The van der Waals surface area contributed by atoms with Crippen LogP contribution in [0.15, 0.2) is 30.3 Å². The Morgan fingerprint density at radius 2 is 2.00 bits per heavy atom. The van der Waals surface area contributed by atoms with Gasteiger partial charge in [0.1, 0.15) is 5.60 Å². The van der Waals surface area contributed by atoms with Gasteiger partial charge in [-0.1, -0.05) is 30.3 Å². The van der Waals surface area contributed by atoms with E-state index in [1.54, 1.807) is 0 Å². The molecule has 2 rings (SSSR count). The van der Waals surface area contributed by atoms with Crippen molar-refractivity contribution in [2.45, 2.75) is 12.2 Å². The summed E-state index contributed by atoms with van der Waals surface area (Å²) in [6, 6.07) is 10.2. The Balaban J connectivity index is 1.87. The Morgan fingerprint density at radius 1 is 1.33 bits per heavy atom. The van der Waals surface area contributed by atoms with Gasteiger partial charge in [0, 0.05) is 19.6 Å². The molecule has 1 aliphatic heterocycles. The molecular weight excluding hydrogens is 188 g/mol. The Morgan fingerprint density at radius 3 is 2.53 bits per heavy atom. The summed E-state index contributed by atoms with van der Waals surface area (Å²) in [5.41, 5.74) is 6.85.